The number of methoxy groups -OCH3 is 2. The Kier molecular flexibility index (Phi) is 5.43. The highest BCUT2D eigenvalue weighted by Gasteiger charge is 2.32. The van der Waals surface area contributed by atoms with Gasteiger partial charge in [-0.05, 0) is 20.8 Å². The summed E-state index contributed by atoms with van der Waals surface area (Å²) in [7, 11) is 3.12. The van der Waals surface area contributed by atoms with E-state index in [2.05, 4.69) is 10.6 Å². The van der Waals surface area contributed by atoms with E-state index in [-0.39, 0.29) is 12.5 Å². The topological polar surface area (TPSA) is 89.0 Å². The molecule has 0 radical (unpaired) electrons. The Morgan fingerprint density at radius 1 is 1.33 bits per heavy atom. The van der Waals surface area contributed by atoms with Gasteiger partial charge in [-0.3, -0.25) is 0 Å². The van der Waals surface area contributed by atoms with Gasteiger partial charge in [-0.15, -0.1) is 0 Å². The molecule has 2 rings (SSSR count). The zero-order valence-electron chi connectivity index (χ0n) is 14.8. The molecule has 0 spiro atoms. The second-order valence-corrected chi connectivity index (χ2v) is 6.76. The van der Waals surface area contributed by atoms with E-state index in [0.717, 1.165) is 5.69 Å². The van der Waals surface area contributed by atoms with Crippen LogP contribution in [0.25, 0.3) is 0 Å². The third kappa shape index (κ3) is 4.23. The number of amides is 1. The van der Waals surface area contributed by atoms with Gasteiger partial charge >= 0.3 is 6.09 Å². The first-order valence-corrected chi connectivity index (χ1v) is 7.90. The number of benzene rings is 1. The summed E-state index contributed by atoms with van der Waals surface area (Å²) in [4.78, 5) is 11.8. The molecule has 1 heterocycles. The number of rotatable bonds is 4. The van der Waals surface area contributed by atoms with Crippen LogP contribution in [0.15, 0.2) is 12.1 Å². The van der Waals surface area contributed by atoms with Gasteiger partial charge in [0.1, 0.15) is 17.1 Å². The van der Waals surface area contributed by atoms with Crippen molar-refractivity contribution in [2.75, 3.05) is 32.6 Å². The number of aliphatic hydroxyl groups excluding tert-OH is 1. The van der Waals surface area contributed by atoms with Crippen LogP contribution in [0, 0.1) is 5.92 Å². The van der Waals surface area contributed by atoms with Gasteiger partial charge in [0.2, 0.25) is 0 Å². The molecule has 0 aromatic heterocycles. The number of carbonyl (C=O) groups excluding carboxylic acids is 1. The van der Waals surface area contributed by atoms with Crippen LogP contribution in [0.2, 0.25) is 0 Å². The average molecular weight is 338 g/mol. The van der Waals surface area contributed by atoms with Gasteiger partial charge in [0.25, 0.3) is 0 Å². The number of alkyl carbamates (subject to hydrolysis) is 1. The maximum atomic E-state index is 11.8. The maximum Gasteiger partial charge on any atom is 0.407 e. The fourth-order valence-electron chi connectivity index (χ4n) is 2.64. The number of fused-ring (bicyclic) bond motifs is 1. The quantitative estimate of drug-likeness (QED) is 0.781. The number of carbonyl (C=O) groups is 1. The number of hydrogen-bond donors (Lipinski definition) is 3. The number of anilines is 1. The lowest BCUT2D eigenvalue weighted by Gasteiger charge is -2.32. The lowest BCUT2D eigenvalue weighted by atomic mass is 9.89. The minimum absolute atomic E-state index is 0.202. The average Bonchev–Trinajstić information content (AvgIpc) is 2.51. The van der Waals surface area contributed by atoms with Gasteiger partial charge in [-0.2, -0.15) is 0 Å². The van der Waals surface area contributed by atoms with Crippen molar-refractivity contribution in [2.24, 2.45) is 5.92 Å². The molecule has 1 aliphatic heterocycles. The second-order valence-electron chi connectivity index (χ2n) is 6.76. The molecule has 24 heavy (non-hydrogen) atoms. The molecule has 1 amide bonds. The number of aliphatic hydroxyl groups is 1. The van der Waals surface area contributed by atoms with Crippen molar-refractivity contribution >= 4 is 11.8 Å². The van der Waals surface area contributed by atoms with Crippen molar-refractivity contribution in [3.05, 3.63) is 17.7 Å². The fraction of sp³-hybridized carbons (Fsp3) is 0.588. The molecular formula is C17H26N2O5. The van der Waals surface area contributed by atoms with E-state index in [1.807, 2.05) is 6.07 Å². The summed E-state index contributed by atoms with van der Waals surface area (Å²) in [6, 6.07) is 3.55. The Morgan fingerprint density at radius 3 is 2.62 bits per heavy atom. The lowest BCUT2D eigenvalue weighted by molar-refractivity contribution is 0.0486. The van der Waals surface area contributed by atoms with Crippen LogP contribution in [0.3, 0.4) is 0 Å². The molecule has 7 heteroatoms. The molecule has 0 fully saturated rings. The molecule has 1 aromatic carbocycles. The monoisotopic (exact) mass is 338 g/mol. The fourth-order valence-corrected chi connectivity index (χ4v) is 2.64. The molecular weight excluding hydrogens is 312 g/mol. The van der Waals surface area contributed by atoms with Gasteiger partial charge in [-0.1, -0.05) is 0 Å². The second kappa shape index (κ2) is 7.17. The SMILES string of the molecule is COc1cc2c(c(OC)c1)[C@@H](O)[C@H](CNC(=O)OC(C)(C)C)CN2. The van der Waals surface area contributed by atoms with Crippen LogP contribution in [0.1, 0.15) is 32.4 Å². The van der Waals surface area contributed by atoms with E-state index in [4.69, 9.17) is 14.2 Å². The molecule has 0 bridgehead atoms. The third-order valence-corrected chi connectivity index (χ3v) is 3.78. The zero-order chi connectivity index (χ0) is 17.9. The van der Waals surface area contributed by atoms with E-state index in [9.17, 15) is 9.90 Å². The van der Waals surface area contributed by atoms with Crippen LogP contribution >= 0.6 is 0 Å². The minimum atomic E-state index is -0.767. The normalized spacial score (nSPS) is 19.8. The molecule has 3 N–H and O–H groups in total. The number of hydrogen-bond acceptors (Lipinski definition) is 6. The number of ether oxygens (including phenoxy) is 3. The molecule has 1 aromatic rings. The minimum Gasteiger partial charge on any atom is -0.497 e. The number of nitrogens with one attached hydrogen (secondary N) is 2. The van der Waals surface area contributed by atoms with Gasteiger partial charge in [0, 0.05) is 42.4 Å². The van der Waals surface area contributed by atoms with Crippen molar-refractivity contribution < 1.29 is 24.1 Å². The first-order chi connectivity index (χ1) is 11.2. The van der Waals surface area contributed by atoms with Crippen LogP contribution < -0.4 is 20.1 Å². The van der Waals surface area contributed by atoms with Crippen molar-refractivity contribution in [1.82, 2.24) is 5.32 Å². The largest absolute Gasteiger partial charge is 0.497 e. The first-order valence-electron chi connectivity index (χ1n) is 7.90. The Balaban J connectivity index is 2.09. The van der Waals surface area contributed by atoms with Crippen molar-refractivity contribution in [3.63, 3.8) is 0 Å². The summed E-state index contributed by atoms with van der Waals surface area (Å²) in [6.45, 7) is 6.21. The molecule has 0 unspecified atom stereocenters. The smallest absolute Gasteiger partial charge is 0.407 e. The van der Waals surface area contributed by atoms with E-state index in [1.165, 1.54) is 0 Å². The maximum absolute atomic E-state index is 11.8. The third-order valence-electron chi connectivity index (χ3n) is 3.78. The Bertz CT molecular complexity index is 580. The Hall–Kier alpha value is -2.15. The highest BCUT2D eigenvalue weighted by atomic mass is 16.6. The molecule has 7 nitrogen and oxygen atoms in total. The molecule has 2 atom stereocenters. The van der Waals surface area contributed by atoms with Crippen molar-refractivity contribution in [3.8, 4) is 11.5 Å². The molecule has 0 saturated heterocycles. The molecule has 134 valence electrons. The first kappa shape index (κ1) is 18.2. The summed E-state index contributed by atoms with van der Waals surface area (Å²) >= 11 is 0. The molecule has 0 aliphatic carbocycles. The van der Waals surface area contributed by atoms with Gasteiger partial charge in [0.15, 0.2) is 0 Å². The predicted molar refractivity (Wildman–Crippen MR) is 90.7 cm³/mol. The Labute approximate surface area is 142 Å². The van der Waals surface area contributed by atoms with Crippen molar-refractivity contribution in [1.29, 1.82) is 0 Å². The summed E-state index contributed by atoms with van der Waals surface area (Å²) in [5, 5.41) is 16.6. The van der Waals surface area contributed by atoms with Gasteiger partial charge in [0.05, 0.1) is 20.3 Å². The standard InChI is InChI=1S/C17H26N2O5/c1-17(2,3)24-16(21)19-9-10-8-18-12-6-11(22-4)7-13(23-5)14(12)15(10)20/h6-7,10,15,18,20H,8-9H2,1-5H3,(H,19,21)/t10-,15-/m0/s1. The van der Waals surface area contributed by atoms with Crippen LogP contribution in [-0.2, 0) is 4.74 Å². The van der Waals surface area contributed by atoms with E-state index < -0.39 is 17.8 Å². The summed E-state index contributed by atoms with van der Waals surface area (Å²) in [5.41, 5.74) is 0.882. The van der Waals surface area contributed by atoms with E-state index in [0.29, 0.717) is 23.6 Å². The van der Waals surface area contributed by atoms with Crippen LogP contribution in [0.5, 0.6) is 11.5 Å². The predicted octanol–water partition coefficient (Wildman–Crippen LogP) is 2.30. The zero-order valence-corrected chi connectivity index (χ0v) is 14.8. The van der Waals surface area contributed by atoms with Crippen molar-refractivity contribution in [2.45, 2.75) is 32.5 Å². The summed E-state index contributed by atoms with van der Waals surface area (Å²) in [5.74, 6) is 0.995. The van der Waals surface area contributed by atoms with Gasteiger partial charge in [-0.25, -0.2) is 4.79 Å². The van der Waals surface area contributed by atoms with Crippen LogP contribution in [-0.4, -0.2) is 44.1 Å². The van der Waals surface area contributed by atoms with E-state index >= 15 is 0 Å². The Morgan fingerprint density at radius 2 is 2.04 bits per heavy atom. The van der Waals surface area contributed by atoms with Crippen LogP contribution in [0.4, 0.5) is 10.5 Å². The summed E-state index contributed by atoms with van der Waals surface area (Å²) < 4.78 is 15.8. The van der Waals surface area contributed by atoms with Gasteiger partial charge < -0.3 is 30.0 Å². The summed E-state index contributed by atoms with van der Waals surface area (Å²) in [6.07, 6.45) is -1.26. The molecule has 1 aliphatic rings. The molecule has 0 saturated carbocycles. The van der Waals surface area contributed by atoms with E-state index in [1.54, 1.807) is 41.1 Å². The lowest BCUT2D eigenvalue weighted by Crippen LogP contribution is -2.40. The highest BCUT2D eigenvalue weighted by Crippen LogP contribution is 2.42. The highest BCUT2D eigenvalue weighted by molar-refractivity contribution is 5.68.